The Bertz CT molecular complexity index is 423. The van der Waals surface area contributed by atoms with Crippen molar-refractivity contribution in [1.82, 2.24) is 5.32 Å². The summed E-state index contributed by atoms with van der Waals surface area (Å²) in [6.07, 6.45) is 5.33. The molecule has 0 fully saturated rings. The fraction of sp³-hybridized carbons (Fsp3) is 0.611. The second-order valence-corrected chi connectivity index (χ2v) is 6.19. The van der Waals surface area contributed by atoms with Crippen molar-refractivity contribution < 1.29 is 4.79 Å². The van der Waals surface area contributed by atoms with Gasteiger partial charge in [-0.15, -0.1) is 0 Å². The molecule has 2 nitrogen and oxygen atoms in total. The zero-order valence-corrected chi connectivity index (χ0v) is 13.5. The van der Waals surface area contributed by atoms with Crippen molar-refractivity contribution in [3.63, 3.8) is 0 Å². The fourth-order valence-electron chi connectivity index (χ4n) is 2.22. The quantitative estimate of drug-likeness (QED) is 0.694. The lowest BCUT2D eigenvalue weighted by Crippen LogP contribution is -2.22. The van der Waals surface area contributed by atoms with E-state index < -0.39 is 0 Å². The molecule has 0 saturated heterocycles. The number of carbonyl (C=O) groups is 1. The van der Waals surface area contributed by atoms with Crippen LogP contribution in [0.3, 0.4) is 0 Å². The van der Waals surface area contributed by atoms with Gasteiger partial charge in [-0.25, -0.2) is 0 Å². The van der Waals surface area contributed by atoms with E-state index in [0.29, 0.717) is 13.0 Å². The summed E-state index contributed by atoms with van der Waals surface area (Å²) in [5.74, 6) is 0.946. The SMILES string of the molecule is Cc1ccc(CNC(=O)CCCCCC(C)C)cc1C. The van der Waals surface area contributed by atoms with E-state index in [2.05, 4.69) is 51.2 Å². The molecule has 1 rings (SSSR count). The molecule has 0 heterocycles. The van der Waals surface area contributed by atoms with Crippen LogP contribution < -0.4 is 5.32 Å². The summed E-state index contributed by atoms with van der Waals surface area (Å²) >= 11 is 0. The van der Waals surface area contributed by atoms with Crippen molar-refractivity contribution >= 4 is 5.91 Å². The molecule has 0 unspecified atom stereocenters. The third-order valence-corrected chi connectivity index (χ3v) is 3.75. The average molecular weight is 275 g/mol. The molecule has 0 aromatic heterocycles. The molecule has 0 aliphatic rings. The third-order valence-electron chi connectivity index (χ3n) is 3.75. The van der Waals surface area contributed by atoms with Gasteiger partial charge in [-0.05, 0) is 42.9 Å². The normalized spacial score (nSPS) is 10.8. The molecule has 112 valence electrons. The number of hydrogen-bond donors (Lipinski definition) is 1. The minimum Gasteiger partial charge on any atom is -0.352 e. The van der Waals surface area contributed by atoms with Gasteiger partial charge in [-0.3, -0.25) is 4.79 Å². The van der Waals surface area contributed by atoms with E-state index in [1.807, 2.05) is 0 Å². The standard InChI is InChI=1S/C18H29NO/c1-14(2)8-6-5-7-9-18(20)19-13-17-11-10-15(3)16(4)12-17/h10-12,14H,5-9,13H2,1-4H3,(H,19,20). The molecule has 0 aliphatic heterocycles. The molecule has 0 spiro atoms. The lowest BCUT2D eigenvalue weighted by atomic mass is 10.0. The summed E-state index contributed by atoms with van der Waals surface area (Å²) in [6, 6.07) is 6.35. The van der Waals surface area contributed by atoms with Gasteiger partial charge in [0.15, 0.2) is 0 Å². The van der Waals surface area contributed by atoms with E-state index in [0.717, 1.165) is 18.8 Å². The monoisotopic (exact) mass is 275 g/mol. The lowest BCUT2D eigenvalue weighted by molar-refractivity contribution is -0.121. The Hall–Kier alpha value is -1.31. The van der Waals surface area contributed by atoms with Crippen LogP contribution >= 0.6 is 0 Å². The second-order valence-electron chi connectivity index (χ2n) is 6.19. The Morgan fingerprint density at radius 2 is 1.85 bits per heavy atom. The van der Waals surface area contributed by atoms with Gasteiger partial charge in [0.1, 0.15) is 0 Å². The van der Waals surface area contributed by atoms with Crippen molar-refractivity contribution in [2.75, 3.05) is 0 Å². The maximum atomic E-state index is 11.8. The van der Waals surface area contributed by atoms with Crippen molar-refractivity contribution in [3.8, 4) is 0 Å². The molecule has 1 aromatic carbocycles. The molecule has 1 aromatic rings. The number of benzene rings is 1. The number of unbranched alkanes of at least 4 members (excludes halogenated alkanes) is 2. The number of amides is 1. The fourth-order valence-corrected chi connectivity index (χ4v) is 2.22. The first-order valence-electron chi connectivity index (χ1n) is 7.82. The predicted molar refractivity (Wildman–Crippen MR) is 85.7 cm³/mol. The van der Waals surface area contributed by atoms with Gasteiger partial charge in [0, 0.05) is 13.0 Å². The van der Waals surface area contributed by atoms with Gasteiger partial charge >= 0.3 is 0 Å². The van der Waals surface area contributed by atoms with Crippen LogP contribution in [0.1, 0.15) is 62.6 Å². The van der Waals surface area contributed by atoms with Crippen LogP contribution in [0.4, 0.5) is 0 Å². The molecule has 0 radical (unpaired) electrons. The number of rotatable bonds is 8. The Balaban J connectivity index is 2.18. The predicted octanol–water partition coefficient (Wildman–Crippen LogP) is 4.53. The highest BCUT2D eigenvalue weighted by molar-refractivity contribution is 5.75. The Kier molecular flexibility index (Phi) is 7.35. The highest BCUT2D eigenvalue weighted by Crippen LogP contribution is 2.11. The minimum atomic E-state index is 0.174. The lowest BCUT2D eigenvalue weighted by Gasteiger charge is -2.08. The highest BCUT2D eigenvalue weighted by Gasteiger charge is 2.02. The van der Waals surface area contributed by atoms with Gasteiger partial charge in [0.2, 0.25) is 5.91 Å². The molecule has 1 N–H and O–H groups in total. The molecule has 2 heteroatoms. The molecule has 0 saturated carbocycles. The molecule has 0 bridgehead atoms. The maximum absolute atomic E-state index is 11.8. The molecule has 20 heavy (non-hydrogen) atoms. The average Bonchev–Trinajstić information content (AvgIpc) is 2.39. The van der Waals surface area contributed by atoms with Gasteiger partial charge in [0.25, 0.3) is 0 Å². The van der Waals surface area contributed by atoms with Gasteiger partial charge in [-0.2, -0.15) is 0 Å². The summed E-state index contributed by atoms with van der Waals surface area (Å²) in [4.78, 5) is 11.8. The minimum absolute atomic E-state index is 0.174. The molecular weight excluding hydrogens is 246 g/mol. The molecule has 0 atom stereocenters. The Labute approximate surface area is 124 Å². The van der Waals surface area contributed by atoms with Gasteiger partial charge < -0.3 is 5.32 Å². The van der Waals surface area contributed by atoms with E-state index in [9.17, 15) is 4.79 Å². The van der Waals surface area contributed by atoms with Crippen LogP contribution in [-0.4, -0.2) is 5.91 Å². The molecular formula is C18H29NO. The van der Waals surface area contributed by atoms with Gasteiger partial charge in [0.05, 0.1) is 0 Å². The van der Waals surface area contributed by atoms with Crippen LogP contribution in [0.25, 0.3) is 0 Å². The maximum Gasteiger partial charge on any atom is 0.220 e. The topological polar surface area (TPSA) is 29.1 Å². The molecule has 0 aliphatic carbocycles. The largest absolute Gasteiger partial charge is 0.352 e. The summed E-state index contributed by atoms with van der Waals surface area (Å²) in [5.41, 5.74) is 3.76. The van der Waals surface area contributed by atoms with E-state index >= 15 is 0 Å². The highest BCUT2D eigenvalue weighted by atomic mass is 16.1. The summed E-state index contributed by atoms with van der Waals surface area (Å²) in [6.45, 7) is 9.35. The number of carbonyl (C=O) groups excluding carboxylic acids is 1. The summed E-state index contributed by atoms with van der Waals surface area (Å²) in [5, 5.41) is 3.01. The van der Waals surface area contributed by atoms with Crippen molar-refractivity contribution in [3.05, 3.63) is 34.9 Å². The summed E-state index contributed by atoms with van der Waals surface area (Å²) in [7, 11) is 0. The zero-order chi connectivity index (χ0) is 15.0. The smallest absolute Gasteiger partial charge is 0.220 e. The first-order valence-corrected chi connectivity index (χ1v) is 7.82. The van der Waals surface area contributed by atoms with Crippen molar-refractivity contribution in [2.45, 2.75) is 66.3 Å². The number of hydrogen-bond acceptors (Lipinski definition) is 1. The van der Waals surface area contributed by atoms with Gasteiger partial charge in [-0.1, -0.05) is 51.3 Å². The van der Waals surface area contributed by atoms with Crippen LogP contribution in [0.5, 0.6) is 0 Å². The Morgan fingerprint density at radius 1 is 1.10 bits per heavy atom. The third kappa shape index (κ3) is 6.74. The van der Waals surface area contributed by atoms with Crippen LogP contribution in [0.15, 0.2) is 18.2 Å². The second kappa shape index (κ2) is 8.78. The van der Waals surface area contributed by atoms with Crippen LogP contribution in [-0.2, 0) is 11.3 Å². The van der Waals surface area contributed by atoms with E-state index in [-0.39, 0.29) is 5.91 Å². The van der Waals surface area contributed by atoms with Crippen LogP contribution in [0, 0.1) is 19.8 Å². The first-order chi connectivity index (χ1) is 9.49. The first kappa shape index (κ1) is 16.7. The molecule has 1 amide bonds. The summed E-state index contributed by atoms with van der Waals surface area (Å²) < 4.78 is 0. The van der Waals surface area contributed by atoms with Crippen molar-refractivity contribution in [1.29, 1.82) is 0 Å². The number of nitrogens with one attached hydrogen (secondary N) is 1. The van der Waals surface area contributed by atoms with E-state index in [1.54, 1.807) is 0 Å². The van der Waals surface area contributed by atoms with E-state index in [4.69, 9.17) is 0 Å². The number of aryl methyl sites for hydroxylation is 2. The Morgan fingerprint density at radius 3 is 2.50 bits per heavy atom. The van der Waals surface area contributed by atoms with E-state index in [1.165, 1.54) is 29.5 Å². The van der Waals surface area contributed by atoms with Crippen molar-refractivity contribution in [2.24, 2.45) is 5.92 Å². The van der Waals surface area contributed by atoms with Crippen LogP contribution in [0.2, 0.25) is 0 Å². The zero-order valence-electron chi connectivity index (χ0n) is 13.5.